The second kappa shape index (κ2) is 9.00. The van der Waals surface area contributed by atoms with Gasteiger partial charge in [-0.25, -0.2) is 9.78 Å². The van der Waals surface area contributed by atoms with Gasteiger partial charge in [0, 0.05) is 6.54 Å². The summed E-state index contributed by atoms with van der Waals surface area (Å²) < 4.78 is 6.49. The Morgan fingerprint density at radius 3 is 2.66 bits per heavy atom. The van der Waals surface area contributed by atoms with Crippen molar-refractivity contribution in [1.82, 2.24) is 14.9 Å². The van der Waals surface area contributed by atoms with Crippen molar-refractivity contribution in [3.8, 4) is 0 Å². The summed E-state index contributed by atoms with van der Waals surface area (Å²) >= 11 is 1.13. The Kier molecular flexibility index (Phi) is 6.43. The van der Waals surface area contributed by atoms with E-state index < -0.39 is 5.97 Å². The van der Waals surface area contributed by atoms with E-state index in [4.69, 9.17) is 4.74 Å². The molecule has 0 aliphatic heterocycles. The van der Waals surface area contributed by atoms with Gasteiger partial charge in [0.1, 0.15) is 16.3 Å². The number of hydrogen-bond donors (Lipinski definition) is 1. The lowest BCUT2D eigenvalue weighted by molar-refractivity contribution is -0.121. The van der Waals surface area contributed by atoms with E-state index in [-0.39, 0.29) is 24.1 Å². The highest BCUT2D eigenvalue weighted by Gasteiger charge is 2.21. The fourth-order valence-electron chi connectivity index (χ4n) is 2.94. The van der Waals surface area contributed by atoms with Gasteiger partial charge in [-0.2, -0.15) is 0 Å². The second-order valence-electron chi connectivity index (χ2n) is 6.95. The molecule has 1 N–H and O–H groups in total. The van der Waals surface area contributed by atoms with Crippen molar-refractivity contribution in [2.45, 2.75) is 39.8 Å². The lowest BCUT2D eigenvalue weighted by atomic mass is 10.1. The van der Waals surface area contributed by atoms with Crippen LogP contribution in [0, 0.1) is 6.92 Å². The molecule has 3 rings (SSSR count). The summed E-state index contributed by atoms with van der Waals surface area (Å²) in [5.41, 5.74) is 1.32. The van der Waals surface area contributed by atoms with Crippen molar-refractivity contribution in [2.75, 3.05) is 6.54 Å². The zero-order valence-electron chi connectivity index (χ0n) is 16.6. The van der Waals surface area contributed by atoms with Crippen molar-refractivity contribution in [3.05, 3.63) is 63.0 Å². The molecule has 2 aromatic heterocycles. The normalized spacial score (nSPS) is 11.0. The molecule has 0 saturated carbocycles. The van der Waals surface area contributed by atoms with E-state index in [0.29, 0.717) is 33.6 Å². The van der Waals surface area contributed by atoms with Crippen molar-refractivity contribution in [3.63, 3.8) is 0 Å². The first-order valence-corrected chi connectivity index (χ1v) is 10.2. The second-order valence-corrected chi connectivity index (χ2v) is 7.95. The molecule has 0 atom stereocenters. The number of benzene rings is 1. The molecule has 0 aliphatic rings. The molecule has 0 saturated heterocycles. The third-order valence-corrected chi connectivity index (χ3v) is 5.52. The maximum absolute atomic E-state index is 12.8. The molecular weight excluding hydrogens is 390 g/mol. The number of ether oxygens (including phenoxy) is 1. The standard InChI is InChI=1S/C21H23N3O4S/c1-13(2)28-21(27)18-14(3)17-19(29-18)23-12-24(20(17)26)11-16(25)22-10-9-15-7-5-4-6-8-15/h4-8,12-13H,9-11H2,1-3H3,(H,22,25). The zero-order valence-corrected chi connectivity index (χ0v) is 17.4. The molecule has 0 unspecified atom stereocenters. The maximum Gasteiger partial charge on any atom is 0.348 e. The molecule has 0 radical (unpaired) electrons. The largest absolute Gasteiger partial charge is 0.459 e. The predicted molar refractivity (Wildman–Crippen MR) is 112 cm³/mol. The highest BCUT2D eigenvalue weighted by molar-refractivity contribution is 7.20. The molecule has 1 aromatic carbocycles. The summed E-state index contributed by atoms with van der Waals surface area (Å²) in [4.78, 5) is 42.4. The van der Waals surface area contributed by atoms with Crippen LogP contribution in [0.4, 0.5) is 0 Å². The van der Waals surface area contributed by atoms with Gasteiger partial charge in [0.25, 0.3) is 5.56 Å². The third kappa shape index (κ3) is 4.89. The fourth-order valence-corrected chi connectivity index (χ4v) is 3.96. The highest BCUT2D eigenvalue weighted by atomic mass is 32.1. The Morgan fingerprint density at radius 1 is 1.24 bits per heavy atom. The molecule has 3 aromatic rings. The van der Waals surface area contributed by atoms with Gasteiger partial charge in [-0.1, -0.05) is 30.3 Å². The first kappa shape index (κ1) is 20.7. The summed E-state index contributed by atoms with van der Waals surface area (Å²) in [5, 5.41) is 3.17. The monoisotopic (exact) mass is 413 g/mol. The van der Waals surface area contributed by atoms with Crippen LogP contribution in [-0.4, -0.2) is 34.1 Å². The Bertz CT molecular complexity index is 1090. The highest BCUT2D eigenvalue weighted by Crippen LogP contribution is 2.27. The number of nitrogens with one attached hydrogen (secondary N) is 1. The average molecular weight is 413 g/mol. The molecular formula is C21H23N3O4S. The molecule has 8 heteroatoms. The Hall–Kier alpha value is -3.00. The van der Waals surface area contributed by atoms with Gasteiger partial charge < -0.3 is 10.1 Å². The van der Waals surface area contributed by atoms with E-state index in [1.807, 2.05) is 30.3 Å². The van der Waals surface area contributed by atoms with Gasteiger partial charge >= 0.3 is 5.97 Å². The molecule has 0 fully saturated rings. The van der Waals surface area contributed by atoms with Crippen LogP contribution in [0.1, 0.15) is 34.6 Å². The topological polar surface area (TPSA) is 90.3 Å². The summed E-state index contributed by atoms with van der Waals surface area (Å²) in [6.07, 6.45) is 1.80. The molecule has 152 valence electrons. The quantitative estimate of drug-likeness (QED) is 0.602. The van der Waals surface area contributed by atoms with Crippen molar-refractivity contribution >= 4 is 33.4 Å². The number of carbonyl (C=O) groups is 2. The number of rotatable bonds is 7. The van der Waals surface area contributed by atoms with Crippen LogP contribution in [-0.2, 0) is 22.5 Å². The van der Waals surface area contributed by atoms with Crippen LogP contribution in [0.2, 0.25) is 0 Å². The van der Waals surface area contributed by atoms with Crippen LogP contribution < -0.4 is 10.9 Å². The SMILES string of the molecule is Cc1c(C(=O)OC(C)C)sc2ncn(CC(=O)NCCc3ccccc3)c(=O)c12. The molecule has 1 amide bonds. The smallest absolute Gasteiger partial charge is 0.348 e. The van der Waals surface area contributed by atoms with Gasteiger partial charge in [-0.15, -0.1) is 11.3 Å². The number of carbonyl (C=O) groups excluding carboxylic acids is 2. The number of aromatic nitrogens is 2. The van der Waals surface area contributed by atoms with E-state index >= 15 is 0 Å². The van der Waals surface area contributed by atoms with Gasteiger partial charge in [0.05, 0.1) is 17.8 Å². The molecule has 7 nitrogen and oxygen atoms in total. The van der Waals surface area contributed by atoms with Crippen LogP contribution in [0.15, 0.2) is 41.5 Å². The van der Waals surface area contributed by atoms with Crippen LogP contribution in [0.5, 0.6) is 0 Å². The number of fused-ring (bicyclic) bond motifs is 1. The van der Waals surface area contributed by atoms with Gasteiger partial charge in [-0.3, -0.25) is 14.2 Å². The number of nitrogens with zero attached hydrogens (tertiary/aromatic N) is 2. The minimum atomic E-state index is -0.467. The Balaban J connectivity index is 1.72. The predicted octanol–water partition coefficient (Wildman–Crippen LogP) is 2.69. The number of amides is 1. The lowest BCUT2D eigenvalue weighted by Crippen LogP contribution is -2.33. The van der Waals surface area contributed by atoms with Crippen molar-refractivity contribution in [2.24, 2.45) is 0 Å². The average Bonchev–Trinajstić information content (AvgIpc) is 3.02. The summed E-state index contributed by atoms with van der Waals surface area (Å²) in [6.45, 7) is 5.58. The Morgan fingerprint density at radius 2 is 1.97 bits per heavy atom. The summed E-state index contributed by atoms with van der Waals surface area (Å²) in [6, 6.07) is 9.83. The molecule has 0 bridgehead atoms. The molecule has 2 heterocycles. The lowest BCUT2D eigenvalue weighted by Gasteiger charge is -2.08. The minimum Gasteiger partial charge on any atom is -0.459 e. The fraction of sp³-hybridized carbons (Fsp3) is 0.333. The summed E-state index contributed by atoms with van der Waals surface area (Å²) in [7, 11) is 0. The van der Waals surface area contributed by atoms with E-state index in [1.165, 1.54) is 10.9 Å². The minimum absolute atomic E-state index is 0.127. The third-order valence-electron chi connectivity index (χ3n) is 4.34. The number of aryl methyl sites for hydroxylation is 1. The van der Waals surface area contributed by atoms with E-state index in [0.717, 1.165) is 16.9 Å². The number of thiophene rings is 1. The number of hydrogen-bond acceptors (Lipinski definition) is 6. The first-order valence-electron chi connectivity index (χ1n) is 9.37. The molecule has 29 heavy (non-hydrogen) atoms. The Labute approximate surface area is 172 Å². The van der Waals surface area contributed by atoms with Crippen LogP contribution >= 0.6 is 11.3 Å². The zero-order chi connectivity index (χ0) is 21.0. The van der Waals surface area contributed by atoms with Crippen molar-refractivity contribution < 1.29 is 14.3 Å². The van der Waals surface area contributed by atoms with Gasteiger partial charge in [-0.05, 0) is 38.3 Å². The van der Waals surface area contributed by atoms with Gasteiger partial charge in [0.15, 0.2) is 0 Å². The van der Waals surface area contributed by atoms with Crippen LogP contribution in [0.3, 0.4) is 0 Å². The van der Waals surface area contributed by atoms with Gasteiger partial charge in [0.2, 0.25) is 5.91 Å². The molecule has 0 spiro atoms. The van der Waals surface area contributed by atoms with E-state index in [9.17, 15) is 14.4 Å². The molecule has 0 aliphatic carbocycles. The maximum atomic E-state index is 12.8. The summed E-state index contributed by atoms with van der Waals surface area (Å²) in [5.74, 6) is -0.735. The van der Waals surface area contributed by atoms with E-state index in [2.05, 4.69) is 10.3 Å². The first-order chi connectivity index (χ1) is 13.9. The van der Waals surface area contributed by atoms with Crippen molar-refractivity contribution in [1.29, 1.82) is 0 Å². The van der Waals surface area contributed by atoms with E-state index in [1.54, 1.807) is 20.8 Å². The number of esters is 1. The van der Waals surface area contributed by atoms with Crippen LogP contribution in [0.25, 0.3) is 10.2 Å².